The van der Waals surface area contributed by atoms with Crippen molar-refractivity contribution in [2.45, 2.75) is 47.3 Å². The fourth-order valence-corrected chi connectivity index (χ4v) is 6.50. The quantitative estimate of drug-likeness (QED) is 0.160. The van der Waals surface area contributed by atoms with Crippen molar-refractivity contribution in [3.8, 4) is 5.75 Å². The maximum Gasteiger partial charge on any atom is 0.355 e. The zero-order valence-electron chi connectivity index (χ0n) is 21.3. The molecule has 2 aromatic rings. The molecule has 1 aliphatic carbocycles. The van der Waals surface area contributed by atoms with Crippen LogP contribution in [0, 0.1) is 0 Å². The smallest absolute Gasteiger partial charge is 0.355 e. The molecule has 5 rings (SSSR count). The lowest BCUT2D eigenvalue weighted by atomic mass is 9.96. The SMILES string of the molecule is CC1=C(C(=O)OCC(Cl)(Cl)Cl)N2C(=O)C(NC(=O)C(C(=O)Oc3ccc4c(c3)CCC4)c3ccccc3)[C@@H]2SC1. The van der Waals surface area contributed by atoms with Crippen molar-refractivity contribution >= 4 is 70.3 Å². The summed E-state index contributed by atoms with van der Waals surface area (Å²) in [6.07, 6.45) is 2.95. The average Bonchev–Trinajstić information content (AvgIpc) is 3.38. The Morgan fingerprint density at radius 3 is 2.55 bits per heavy atom. The van der Waals surface area contributed by atoms with Crippen molar-refractivity contribution in [1.29, 1.82) is 0 Å². The minimum atomic E-state index is -1.80. The molecule has 0 spiro atoms. The fourth-order valence-electron chi connectivity index (χ4n) is 5.04. The number of nitrogens with zero attached hydrogens (tertiary/aromatic N) is 1. The number of aryl methyl sites for hydroxylation is 2. The monoisotopic (exact) mass is 622 g/mol. The molecule has 0 saturated carbocycles. The van der Waals surface area contributed by atoms with Crippen LogP contribution in [0.15, 0.2) is 59.8 Å². The van der Waals surface area contributed by atoms with Gasteiger partial charge in [-0.25, -0.2) is 4.79 Å². The topological polar surface area (TPSA) is 102 Å². The molecule has 40 heavy (non-hydrogen) atoms. The molecule has 3 aliphatic rings. The van der Waals surface area contributed by atoms with E-state index in [9.17, 15) is 19.2 Å². The number of hydrogen-bond donors (Lipinski definition) is 1. The minimum Gasteiger partial charge on any atom is -0.456 e. The van der Waals surface area contributed by atoms with Gasteiger partial charge in [-0.2, -0.15) is 0 Å². The van der Waals surface area contributed by atoms with Crippen LogP contribution >= 0.6 is 46.6 Å². The molecule has 2 amide bonds. The van der Waals surface area contributed by atoms with E-state index in [4.69, 9.17) is 44.3 Å². The molecule has 0 bridgehead atoms. The molecule has 3 atom stereocenters. The number of carbonyl (C=O) groups is 4. The number of benzene rings is 2. The van der Waals surface area contributed by atoms with Gasteiger partial charge < -0.3 is 14.8 Å². The van der Waals surface area contributed by atoms with Gasteiger partial charge in [-0.15, -0.1) is 11.8 Å². The maximum absolute atomic E-state index is 13.5. The van der Waals surface area contributed by atoms with Crippen molar-refractivity contribution in [2.75, 3.05) is 12.4 Å². The van der Waals surface area contributed by atoms with E-state index in [1.807, 2.05) is 12.1 Å². The average molecular weight is 624 g/mol. The highest BCUT2D eigenvalue weighted by molar-refractivity contribution is 8.00. The number of rotatable bonds is 7. The molecule has 2 aromatic carbocycles. The van der Waals surface area contributed by atoms with E-state index in [1.54, 1.807) is 43.3 Å². The second-order valence-electron chi connectivity index (χ2n) is 9.77. The molecule has 0 aromatic heterocycles. The highest BCUT2D eigenvalue weighted by Gasteiger charge is 2.54. The Kier molecular flexibility index (Phi) is 8.38. The fraction of sp³-hybridized carbons (Fsp3) is 0.357. The molecule has 1 fully saturated rings. The number of carbonyl (C=O) groups excluding carboxylic acids is 4. The van der Waals surface area contributed by atoms with Gasteiger partial charge in [-0.05, 0) is 60.6 Å². The first-order valence-corrected chi connectivity index (χ1v) is 14.8. The van der Waals surface area contributed by atoms with Gasteiger partial charge in [0.05, 0.1) is 0 Å². The van der Waals surface area contributed by atoms with Crippen LogP contribution in [0.3, 0.4) is 0 Å². The lowest BCUT2D eigenvalue weighted by molar-refractivity contribution is -0.153. The second-order valence-corrected chi connectivity index (χ2v) is 13.4. The molecule has 0 radical (unpaired) electrons. The molecule has 210 valence electrons. The summed E-state index contributed by atoms with van der Waals surface area (Å²) in [7, 11) is 0. The number of halogens is 3. The summed E-state index contributed by atoms with van der Waals surface area (Å²) in [6, 6.07) is 13.1. The van der Waals surface area contributed by atoms with E-state index in [-0.39, 0.29) is 5.70 Å². The number of ether oxygens (including phenoxy) is 2. The van der Waals surface area contributed by atoms with E-state index in [1.165, 1.54) is 22.2 Å². The predicted octanol–water partition coefficient (Wildman–Crippen LogP) is 4.45. The number of amides is 2. The standard InChI is InChI=1S/C28H25Cl3N2O6S/c1-15-13-40-25-21(24(35)33(25)22(15)27(37)38-14-28(29,30)31)32-23(34)20(17-6-3-2-4-7-17)26(36)39-19-11-10-16-8-5-9-18(16)12-19/h2-4,6-7,10-12,20-21,25H,5,8-9,13-14H2,1H3,(H,32,34)/t20?,21?,25-/m0/s1. The number of alkyl halides is 3. The first-order valence-electron chi connectivity index (χ1n) is 12.6. The summed E-state index contributed by atoms with van der Waals surface area (Å²) in [4.78, 5) is 54.1. The third-order valence-electron chi connectivity index (χ3n) is 6.94. The third kappa shape index (κ3) is 5.98. The van der Waals surface area contributed by atoms with Gasteiger partial charge in [0.15, 0.2) is 5.92 Å². The molecular weight excluding hydrogens is 599 g/mol. The Morgan fingerprint density at radius 2 is 1.82 bits per heavy atom. The van der Waals surface area contributed by atoms with Crippen LogP contribution in [0.5, 0.6) is 5.75 Å². The van der Waals surface area contributed by atoms with Gasteiger partial charge in [0.2, 0.25) is 9.70 Å². The molecule has 12 heteroatoms. The van der Waals surface area contributed by atoms with Gasteiger partial charge in [0.1, 0.15) is 29.5 Å². The van der Waals surface area contributed by atoms with Gasteiger partial charge in [0.25, 0.3) is 5.91 Å². The Balaban J connectivity index is 1.31. The van der Waals surface area contributed by atoms with Crippen LogP contribution in [0.2, 0.25) is 0 Å². The van der Waals surface area contributed by atoms with Crippen molar-refractivity contribution in [3.63, 3.8) is 0 Å². The number of nitrogens with one attached hydrogen (secondary N) is 1. The minimum absolute atomic E-state index is 0.0594. The summed E-state index contributed by atoms with van der Waals surface area (Å²) in [5, 5.41) is 2.14. The molecular formula is C28H25Cl3N2O6S. The largest absolute Gasteiger partial charge is 0.456 e. The lowest BCUT2D eigenvalue weighted by Gasteiger charge is -2.49. The van der Waals surface area contributed by atoms with Gasteiger partial charge in [-0.1, -0.05) is 71.2 Å². The molecule has 8 nitrogen and oxygen atoms in total. The van der Waals surface area contributed by atoms with Gasteiger partial charge in [-0.3, -0.25) is 19.3 Å². The van der Waals surface area contributed by atoms with E-state index < -0.39 is 51.5 Å². The molecule has 1 saturated heterocycles. The Labute approximate surface area is 250 Å². The second kappa shape index (κ2) is 11.6. The van der Waals surface area contributed by atoms with Crippen LogP contribution in [0.25, 0.3) is 0 Å². The normalized spacial score (nSPS) is 20.7. The van der Waals surface area contributed by atoms with E-state index in [2.05, 4.69) is 5.32 Å². The Hall–Kier alpha value is -2.72. The van der Waals surface area contributed by atoms with Gasteiger partial charge >= 0.3 is 11.9 Å². The van der Waals surface area contributed by atoms with Crippen molar-refractivity contribution in [2.24, 2.45) is 0 Å². The third-order valence-corrected chi connectivity index (χ3v) is 8.69. The zero-order chi connectivity index (χ0) is 28.6. The summed E-state index contributed by atoms with van der Waals surface area (Å²) in [5.41, 5.74) is 3.47. The summed E-state index contributed by atoms with van der Waals surface area (Å²) < 4.78 is 8.96. The number of thioether (sulfide) groups is 1. The van der Waals surface area contributed by atoms with E-state index >= 15 is 0 Å². The Morgan fingerprint density at radius 1 is 1.10 bits per heavy atom. The Bertz CT molecular complexity index is 1390. The predicted molar refractivity (Wildman–Crippen MR) is 152 cm³/mol. The first-order chi connectivity index (χ1) is 19.0. The van der Waals surface area contributed by atoms with Crippen molar-refractivity contribution in [1.82, 2.24) is 10.2 Å². The van der Waals surface area contributed by atoms with Gasteiger partial charge in [0, 0.05) is 5.75 Å². The maximum atomic E-state index is 13.5. The lowest BCUT2D eigenvalue weighted by Crippen LogP contribution is -2.71. The summed E-state index contributed by atoms with van der Waals surface area (Å²) in [5.74, 6) is -3.27. The van der Waals surface area contributed by atoms with Crippen LogP contribution in [-0.2, 0) is 36.8 Å². The summed E-state index contributed by atoms with van der Waals surface area (Å²) in [6.45, 7) is 1.22. The van der Waals surface area contributed by atoms with E-state index in [0.29, 0.717) is 22.6 Å². The zero-order valence-corrected chi connectivity index (χ0v) is 24.4. The first kappa shape index (κ1) is 28.8. The highest BCUT2D eigenvalue weighted by Crippen LogP contribution is 2.41. The van der Waals surface area contributed by atoms with Crippen LogP contribution in [0.1, 0.15) is 36.0 Å². The van der Waals surface area contributed by atoms with E-state index in [0.717, 1.165) is 24.8 Å². The molecule has 1 N–H and O–H groups in total. The van der Waals surface area contributed by atoms with Crippen LogP contribution < -0.4 is 10.1 Å². The number of esters is 2. The van der Waals surface area contributed by atoms with Crippen molar-refractivity contribution < 1.29 is 28.7 Å². The molecule has 2 unspecified atom stereocenters. The molecule has 2 heterocycles. The van der Waals surface area contributed by atoms with Crippen molar-refractivity contribution in [3.05, 3.63) is 76.5 Å². The van der Waals surface area contributed by atoms with Crippen LogP contribution in [0.4, 0.5) is 0 Å². The number of fused-ring (bicyclic) bond motifs is 2. The number of hydrogen-bond acceptors (Lipinski definition) is 7. The highest BCUT2D eigenvalue weighted by atomic mass is 35.6. The summed E-state index contributed by atoms with van der Waals surface area (Å²) >= 11 is 18.4. The van der Waals surface area contributed by atoms with Crippen LogP contribution in [-0.4, -0.2) is 56.2 Å². The number of β-lactam (4-membered cyclic amide) rings is 1. The molecule has 2 aliphatic heterocycles.